The first-order chi connectivity index (χ1) is 9.33. The van der Waals surface area contributed by atoms with Gasteiger partial charge >= 0.3 is 0 Å². The monoisotopic (exact) mass is 296 g/mol. The van der Waals surface area contributed by atoms with Crippen LogP contribution in [0.3, 0.4) is 0 Å². The molecular weight excluding hydrogens is 276 g/mol. The average molecular weight is 297 g/mol. The Bertz CT molecular complexity index is 518. The van der Waals surface area contributed by atoms with Gasteiger partial charge in [-0.2, -0.15) is 0 Å². The van der Waals surface area contributed by atoms with Gasteiger partial charge in [-0.1, -0.05) is 37.6 Å². The molecule has 1 fully saturated rings. The molecule has 1 aliphatic rings. The molecule has 0 radical (unpaired) electrons. The zero-order valence-electron chi connectivity index (χ0n) is 12.1. The Hall–Kier alpha value is -1.10. The third kappa shape index (κ3) is 2.32. The second-order valence-corrected chi connectivity index (χ2v) is 6.18. The SMILES string of the molecule is CCOC1CC(N)(C(=O)Nc2ccccc2Cl)C1(C)C. The van der Waals surface area contributed by atoms with Crippen LogP contribution in [-0.4, -0.2) is 24.2 Å². The normalized spacial score (nSPS) is 27.8. The van der Waals surface area contributed by atoms with Gasteiger partial charge in [0, 0.05) is 18.4 Å². The summed E-state index contributed by atoms with van der Waals surface area (Å²) in [5.41, 5.74) is 5.54. The molecule has 4 nitrogen and oxygen atoms in total. The van der Waals surface area contributed by atoms with E-state index < -0.39 is 11.0 Å². The number of benzene rings is 1. The summed E-state index contributed by atoms with van der Waals surface area (Å²) in [4.78, 5) is 12.5. The Morgan fingerprint density at radius 1 is 1.50 bits per heavy atom. The van der Waals surface area contributed by atoms with Crippen LogP contribution in [0.1, 0.15) is 27.2 Å². The molecule has 20 heavy (non-hydrogen) atoms. The fraction of sp³-hybridized carbons (Fsp3) is 0.533. The van der Waals surface area contributed by atoms with Crippen molar-refractivity contribution in [3.63, 3.8) is 0 Å². The van der Waals surface area contributed by atoms with E-state index in [-0.39, 0.29) is 12.0 Å². The fourth-order valence-corrected chi connectivity index (χ4v) is 2.80. The summed E-state index contributed by atoms with van der Waals surface area (Å²) in [7, 11) is 0. The molecule has 2 rings (SSSR count). The minimum absolute atomic E-state index is 0.00879. The highest BCUT2D eigenvalue weighted by Crippen LogP contribution is 2.50. The topological polar surface area (TPSA) is 64.3 Å². The molecule has 1 amide bonds. The first-order valence-electron chi connectivity index (χ1n) is 6.79. The number of halogens is 1. The van der Waals surface area contributed by atoms with Crippen molar-refractivity contribution < 1.29 is 9.53 Å². The first-order valence-corrected chi connectivity index (χ1v) is 7.17. The van der Waals surface area contributed by atoms with Crippen molar-refractivity contribution in [2.45, 2.75) is 38.8 Å². The lowest BCUT2D eigenvalue weighted by atomic mass is 9.54. The Labute approximate surface area is 124 Å². The van der Waals surface area contributed by atoms with Gasteiger partial charge in [-0.25, -0.2) is 0 Å². The molecule has 1 aliphatic carbocycles. The van der Waals surface area contributed by atoms with Crippen molar-refractivity contribution in [2.24, 2.45) is 11.1 Å². The highest BCUT2D eigenvalue weighted by atomic mass is 35.5. The van der Waals surface area contributed by atoms with Crippen LogP contribution in [0.5, 0.6) is 0 Å². The van der Waals surface area contributed by atoms with Crippen LogP contribution in [0.25, 0.3) is 0 Å². The number of amides is 1. The third-order valence-corrected chi connectivity index (χ3v) is 4.69. The zero-order valence-corrected chi connectivity index (χ0v) is 12.8. The number of anilines is 1. The summed E-state index contributed by atoms with van der Waals surface area (Å²) in [6.07, 6.45) is 0.527. The van der Waals surface area contributed by atoms with E-state index in [0.717, 1.165) is 0 Å². The molecular formula is C15H21ClN2O2. The van der Waals surface area contributed by atoms with E-state index in [1.165, 1.54) is 0 Å². The number of rotatable bonds is 4. The molecule has 2 unspecified atom stereocenters. The summed E-state index contributed by atoms with van der Waals surface area (Å²) < 4.78 is 5.63. The van der Waals surface area contributed by atoms with Crippen LogP contribution in [-0.2, 0) is 9.53 Å². The molecule has 0 saturated heterocycles. The van der Waals surface area contributed by atoms with E-state index in [1.807, 2.05) is 32.9 Å². The molecule has 1 aromatic rings. The van der Waals surface area contributed by atoms with Gasteiger partial charge in [0.1, 0.15) is 5.54 Å². The lowest BCUT2D eigenvalue weighted by Gasteiger charge is -2.57. The Morgan fingerprint density at radius 3 is 2.70 bits per heavy atom. The van der Waals surface area contributed by atoms with E-state index in [9.17, 15) is 4.79 Å². The maximum absolute atomic E-state index is 12.5. The number of hydrogen-bond acceptors (Lipinski definition) is 3. The number of hydrogen-bond donors (Lipinski definition) is 2. The van der Waals surface area contributed by atoms with Gasteiger partial charge in [-0.3, -0.25) is 4.79 Å². The van der Waals surface area contributed by atoms with Crippen LogP contribution in [0, 0.1) is 5.41 Å². The quantitative estimate of drug-likeness (QED) is 0.898. The minimum atomic E-state index is -0.938. The fourth-order valence-electron chi connectivity index (χ4n) is 2.62. The molecule has 3 N–H and O–H groups in total. The Kier molecular flexibility index (Phi) is 4.09. The van der Waals surface area contributed by atoms with Crippen LogP contribution in [0.4, 0.5) is 5.69 Å². The standard InChI is InChI=1S/C15H21ClN2O2/c1-4-20-12-9-15(17,14(12,2)3)13(19)18-11-8-6-5-7-10(11)16/h5-8,12H,4,9,17H2,1-3H3,(H,18,19). The maximum Gasteiger partial charge on any atom is 0.245 e. The largest absolute Gasteiger partial charge is 0.378 e. The molecule has 0 spiro atoms. The van der Waals surface area contributed by atoms with E-state index in [4.69, 9.17) is 22.1 Å². The summed E-state index contributed by atoms with van der Waals surface area (Å²) >= 11 is 6.05. The number of para-hydroxylation sites is 1. The highest BCUT2D eigenvalue weighted by Gasteiger charge is 2.62. The van der Waals surface area contributed by atoms with Crippen molar-refractivity contribution in [2.75, 3.05) is 11.9 Å². The highest BCUT2D eigenvalue weighted by molar-refractivity contribution is 6.33. The Morgan fingerprint density at radius 2 is 2.15 bits per heavy atom. The van der Waals surface area contributed by atoms with Crippen LogP contribution < -0.4 is 11.1 Å². The smallest absolute Gasteiger partial charge is 0.245 e. The molecule has 5 heteroatoms. The van der Waals surface area contributed by atoms with Gasteiger partial charge in [0.15, 0.2) is 0 Å². The number of nitrogens with two attached hydrogens (primary N) is 1. The van der Waals surface area contributed by atoms with Gasteiger partial charge < -0.3 is 15.8 Å². The number of ether oxygens (including phenoxy) is 1. The maximum atomic E-state index is 12.5. The van der Waals surface area contributed by atoms with E-state index in [0.29, 0.717) is 23.7 Å². The molecule has 1 aromatic carbocycles. The van der Waals surface area contributed by atoms with Gasteiger partial charge in [0.05, 0.1) is 16.8 Å². The average Bonchev–Trinajstić information content (AvgIpc) is 2.40. The van der Waals surface area contributed by atoms with E-state index in [2.05, 4.69) is 5.32 Å². The van der Waals surface area contributed by atoms with Gasteiger partial charge in [-0.15, -0.1) is 0 Å². The van der Waals surface area contributed by atoms with Crippen molar-refractivity contribution in [3.05, 3.63) is 29.3 Å². The summed E-state index contributed by atoms with van der Waals surface area (Å²) in [5.74, 6) is -0.216. The molecule has 0 bridgehead atoms. The molecule has 1 saturated carbocycles. The summed E-state index contributed by atoms with van der Waals surface area (Å²) in [6, 6.07) is 7.12. The molecule has 0 aromatic heterocycles. The predicted molar refractivity (Wildman–Crippen MR) is 80.8 cm³/mol. The van der Waals surface area contributed by atoms with E-state index >= 15 is 0 Å². The van der Waals surface area contributed by atoms with Crippen LogP contribution >= 0.6 is 11.6 Å². The second-order valence-electron chi connectivity index (χ2n) is 5.78. The number of carbonyl (C=O) groups excluding carboxylic acids is 1. The van der Waals surface area contributed by atoms with Crippen molar-refractivity contribution in [1.29, 1.82) is 0 Å². The van der Waals surface area contributed by atoms with Crippen molar-refractivity contribution >= 4 is 23.2 Å². The Balaban J connectivity index is 2.12. The second kappa shape index (κ2) is 5.35. The van der Waals surface area contributed by atoms with E-state index in [1.54, 1.807) is 12.1 Å². The first kappa shape index (κ1) is 15.3. The molecule has 2 atom stereocenters. The van der Waals surface area contributed by atoms with Gasteiger partial charge in [0.2, 0.25) is 5.91 Å². The zero-order chi connectivity index (χ0) is 15.0. The minimum Gasteiger partial charge on any atom is -0.378 e. The number of nitrogens with one attached hydrogen (secondary N) is 1. The predicted octanol–water partition coefficient (Wildman–Crippen LogP) is 2.81. The summed E-state index contributed by atoms with van der Waals surface area (Å²) in [5, 5.41) is 3.32. The lowest BCUT2D eigenvalue weighted by molar-refractivity contribution is -0.166. The molecule has 0 heterocycles. The van der Waals surface area contributed by atoms with Crippen molar-refractivity contribution in [1.82, 2.24) is 0 Å². The molecule has 0 aliphatic heterocycles. The molecule has 110 valence electrons. The third-order valence-electron chi connectivity index (χ3n) is 4.36. The van der Waals surface area contributed by atoms with Crippen molar-refractivity contribution in [3.8, 4) is 0 Å². The van der Waals surface area contributed by atoms with Crippen LogP contribution in [0.15, 0.2) is 24.3 Å². The lowest BCUT2D eigenvalue weighted by Crippen LogP contribution is -2.74. The van der Waals surface area contributed by atoms with Gasteiger partial charge in [0.25, 0.3) is 0 Å². The number of carbonyl (C=O) groups is 1. The summed E-state index contributed by atoms with van der Waals surface area (Å²) in [6.45, 7) is 6.48. The van der Waals surface area contributed by atoms with Crippen LogP contribution in [0.2, 0.25) is 5.02 Å². The van der Waals surface area contributed by atoms with Gasteiger partial charge in [-0.05, 0) is 19.1 Å².